The predicted octanol–water partition coefficient (Wildman–Crippen LogP) is 4.42. The van der Waals surface area contributed by atoms with Crippen molar-refractivity contribution in [2.24, 2.45) is 0 Å². The summed E-state index contributed by atoms with van der Waals surface area (Å²) >= 11 is 0. The summed E-state index contributed by atoms with van der Waals surface area (Å²) in [6, 6.07) is 9.73. The van der Waals surface area contributed by atoms with Crippen LogP contribution >= 0.6 is 7.60 Å². The van der Waals surface area contributed by atoms with Gasteiger partial charge in [0.15, 0.2) is 0 Å². The number of hydrogen-bond acceptors (Lipinski definition) is 5. The number of aromatic nitrogens is 1. The van der Waals surface area contributed by atoms with Crippen LogP contribution in [0.15, 0.2) is 34.9 Å². The molecule has 0 bridgehead atoms. The van der Waals surface area contributed by atoms with Crippen molar-refractivity contribution in [3.05, 3.63) is 41.7 Å². The summed E-state index contributed by atoms with van der Waals surface area (Å²) in [4.78, 5) is 0. The number of rotatable bonds is 7. The molecule has 0 unspecified atom stereocenters. The molecule has 2 aromatic rings. The van der Waals surface area contributed by atoms with Gasteiger partial charge >= 0.3 is 7.60 Å². The number of benzene rings is 1. The maximum absolute atomic E-state index is 12.5. The molecule has 0 fully saturated rings. The van der Waals surface area contributed by atoms with E-state index in [4.69, 9.17) is 13.6 Å². The van der Waals surface area contributed by atoms with Crippen molar-refractivity contribution in [3.8, 4) is 11.3 Å². The van der Waals surface area contributed by atoms with Gasteiger partial charge in [-0.15, -0.1) is 0 Å². The first-order chi connectivity index (χ1) is 10.1. The molecule has 114 valence electrons. The highest BCUT2D eigenvalue weighted by Crippen LogP contribution is 2.51. The summed E-state index contributed by atoms with van der Waals surface area (Å²) in [5.41, 5.74) is 2.83. The molecule has 1 aromatic heterocycles. The molecule has 0 aliphatic rings. The lowest BCUT2D eigenvalue weighted by atomic mass is 10.1. The van der Waals surface area contributed by atoms with Crippen LogP contribution in [0.2, 0.25) is 0 Å². The van der Waals surface area contributed by atoms with Crippen molar-refractivity contribution in [1.29, 1.82) is 0 Å². The molecule has 6 heteroatoms. The van der Waals surface area contributed by atoms with Crippen LogP contribution in [0.4, 0.5) is 0 Å². The molecule has 0 saturated carbocycles. The maximum Gasteiger partial charge on any atom is 0.338 e. The molecule has 0 atom stereocenters. The fraction of sp³-hybridized carbons (Fsp3) is 0.400. The van der Waals surface area contributed by atoms with Crippen molar-refractivity contribution in [3.63, 3.8) is 0 Å². The monoisotopic (exact) mass is 309 g/mol. The van der Waals surface area contributed by atoms with Gasteiger partial charge in [0, 0.05) is 11.6 Å². The zero-order valence-corrected chi connectivity index (χ0v) is 13.4. The summed E-state index contributed by atoms with van der Waals surface area (Å²) < 4.78 is 28.2. The molecule has 5 nitrogen and oxygen atoms in total. The van der Waals surface area contributed by atoms with Gasteiger partial charge in [-0.2, -0.15) is 0 Å². The van der Waals surface area contributed by atoms with Crippen LogP contribution in [0.5, 0.6) is 0 Å². The molecule has 0 aliphatic carbocycles. The van der Waals surface area contributed by atoms with Crippen LogP contribution in [0, 0.1) is 6.92 Å². The van der Waals surface area contributed by atoms with Crippen molar-refractivity contribution in [1.82, 2.24) is 5.16 Å². The van der Waals surface area contributed by atoms with E-state index in [9.17, 15) is 4.57 Å². The van der Waals surface area contributed by atoms with Gasteiger partial charge < -0.3 is 13.6 Å². The minimum Gasteiger partial charge on any atom is -0.360 e. The van der Waals surface area contributed by atoms with Crippen molar-refractivity contribution in [2.75, 3.05) is 13.2 Å². The summed E-state index contributed by atoms with van der Waals surface area (Å²) in [7, 11) is -3.16. The van der Waals surface area contributed by atoms with E-state index < -0.39 is 7.60 Å². The third-order valence-corrected chi connectivity index (χ3v) is 4.88. The Bertz CT molecular complexity index is 628. The molecule has 2 rings (SSSR count). The van der Waals surface area contributed by atoms with Gasteiger partial charge in [-0.05, 0) is 26.8 Å². The minimum absolute atomic E-state index is 0.0908. The fourth-order valence-corrected chi connectivity index (χ4v) is 3.62. The van der Waals surface area contributed by atoms with Crippen molar-refractivity contribution in [2.45, 2.75) is 26.9 Å². The first-order valence-corrected chi connectivity index (χ1v) is 8.70. The molecule has 1 aromatic carbocycles. The SMILES string of the molecule is CCOP(=O)(Cc1cc(-c2cccc(C)c2)no1)OCC. The summed E-state index contributed by atoms with van der Waals surface area (Å²) in [5, 5.41) is 4.02. The summed E-state index contributed by atoms with van der Waals surface area (Å²) in [6.45, 7) is 6.24. The van der Waals surface area contributed by atoms with E-state index in [1.165, 1.54) is 0 Å². The molecular formula is C15H20NO4P. The van der Waals surface area contributed by atoms with Gasteiger partial charge in [0.25, 0.3) is 0 Å². The van der Waals surface area contributed by atoms with Gasteiger partial charge in [0.1, 0.15) is 17.6 Å². The average Bonchev–Trinajstić information content (AvgIpc) is 2.87. The van der Waals surface area contributed by atoms with E-state index in [0.717, 1.165) is 11.1 Å². The smallest absolute Gasteiger partial charge is 0.338 e. The van der Waals surface area contributed by atoms with Crippen LogP contribution in [0.1, 0.15) is 25.2 Å². The van der Waals surface area contributed by atoms with E-state index in [1.54, 1.807) is 19.9 Å². The lowest BCUT2D eigenvalue weighted by Gasteiger charge is -2.14. The van der Waals surface area contributed by atoms with Crippen LogP contribution in [-0.2, 0) is 19.8 Å². The van der Waals surface area contributed by atoms with Crippen LogP contribution in [-0.4, -0.2) is 18.4 Å². The Morgan fingerprint density at radius 3 is 2.52 bits per heavy atom. The Labute approximate surface area is 124 Å². The first-order valence-electron chi connectivity index (χ1n) is 6.97. The lowest BCUT2D eigenvalue weighted by Crippen LogP contribution is -1.98. The quantitative estimate of drug-likeness (QED) is 0.709. The third kappa shape index (κ3) is 4.27. The molecule has 0 N–H and O–H groups in total. The van der Waals surface area contributed by atoms with Gasteiger partial charge in [0.05, 0.1) is 13.2 Å². The highest BCUT2D eigenvalue weighted by atomic mass is 31.2. The van der Waals surface area contributed by atoms with E-state index in [2.05, 4.69) is 5.16 Å². The van der Waals surface area contributed by atoms with Crippen LogP contribution < -0.4 is 0 Å². The predicted molar refractivity (Wildman–Crippen MR) is 81.2 cm³/mol. The Kier molecular flexibility index (Phi) is 5.34. The third-order valence-electron chi connectivity index (χ3n) is 2.87. The highest BCUT2D eigenvalue weighted by Gasteiger charge is 2.26. The molecule has 0 aliphatic heterocycles. The number of hydrogen-bond donors (Lipinski definition) is 0. The topological polar surface area (TPSA) is 61.6 Å². The zero-order chi connectivity index (χ0) is 15.3. The second-order valence-corrected chi connectivity index (χ2v) is 6.71. The Morgan fingerprint density at radius 2 is 1.90 bits per heavy atom. The van der Waals surface area contributed by atoms with Crippen molar-refractivity contribution < 1.29 is 18.1 Å². The van der Waals surface area contributed by atoms with E-state index >= 15 is 0 Å². The second kappa shape index (κ2) is 7.03. The largest absolute Gasteiger partial charge is 0.360 e. The standard InChI is InChI=1S/C15H20NO4P/c1-4-18-21(17,19-5-2)11-14-10-15(16-20-14)13-8-6-7-12(3)9-13/h6-10H,4-5,11H2,1-3H3. The van der Waals surface area contributed by atoms with Gasteiger partial charge in [-0.25, -0.2) is 0 Å². The number of nitrogens with zero attached hydrogens (tertiary/aromatic N) is 1. The maximum atomic E-state index is 12.5. The molecular weight excluding hydrogens is 289 g/mol. The Balaban J connectivity index is 2.18. The molecule has 0 amide bonds. The Morgan fingerprint density at radius 1 is 1.19 bits per heavy atom. The summed E-state index contributed by atoms with van der Waals surface area (Å²) in [5.74, 6) is 0.497. The fourth-order valence-electron chi connectivity index (χ4n) is 2.04. The normalized spacial score (nSPS) is 11.8. The minimum atomic E-state index is -3.16. The van der Waals surface area contributed by atoms with Crippen LogP contribution in [0.3, 0.4) is 0 Å². The van der Waals surface area contributed by atoms with Crippen molar-refractivity contribution >= 4 is 7.60 Å². The molecule has 0 spiro atoms. The van der Waals surface area contributed by atoms with Gasteiger partial charge in [-0.3, -0.25) is 4.57 Å². The lowest BCUT2D eigenvalue weighted by molar-refractivity contribution is 0.216. The average molecular weight is 309 g/mol. The molecule has 0 radical (unpaired) electrons. The summed E-state index contributed by atoms with van der Waals surface area (Å²) in [6.07, 6.45) is 0.0908. The van der Waals surface area contributed by atoms with E-state index in [0.29, 0.717) is 24.7 Å². The van der Waals surface area contributed by atoms with Crippen LogP contribution in [0.25, 0.3) is 11.3 Å². The molecule has 21 heavy (non-hydrogen) atoms. The first kappa shape index (κ1) is 16.0. The highest BCUT2D eigenvalue weighted by molar-refractivity contribution is 7.53. The zero-order valence-electron chi connectivity index (χ0n) is 12.5. The van der Waals surface area contributed by atoms with E-state index in [1.807, 2.05) is 31.2 Å². The van der Waals surface area contributed by atoms with Gasteiger partial charge in [-0.1, -0.05) is 28.9 Å². The van der Waals surface area contributed by atoms with E-state index in [-0.39, 0.29) is 6.16 Å². The number of aryl methyl sites for hydroxylation is 1. The van der Waals surface area contributed by atoms with Gasteiger partial charge in [0.2, 0.25) is 0 Å². The Hall–Kier alpha value is -1.42. The molecule has 1 heterocycles. The second-order valence-electron chi connectivity index (χ2n) is 4.65. The molecule has 0 saturated heterocycles.